The van der Waals surface area contributed by atoms with Crippen LogP contribution < -0.4 is 4.74 Å². The van der Waals surface area contributed by atoms with Gasteiger partial charge in [-0.1, -0.05) is 30.3 Å². The first-order valence-electron chi connectivity index (χ1n) is 10.2. The highest BCUT2D eigenvalue weighted by Crippen LogP contribution is 2.33. The average Bonchev–Trinajstić information content (AvgIpc) is 3.29. The van der Waals surface area contributed by atoms with Crippen molar-refractivity contribution in [1.29, 1.82) is 0 Å². The Morgan fingerprint density at radius 2 is 1.64 bits per heavy atom. The molecule has 0 amide bonds. The average molecular weight is 459 g/mol. The SMILES string of the molecule is FC(F)=C(F)CCOc1ccc(-c2ccc(C3CCC(c4c(F)cccc4F)=N3)cc2)nn1. The van der Waals surface area contributed by atoms with Gasteiger partial charge in [-0.05, 0) is 36.6 Å². The zero-order valence-electron chi connectivity index (χ0n) is 17.2. The smallest absolute Gasteiger partial charge is 0.301 e. The molecule has 0 bridgehead atoms. The molecule has 0 N–H and O–H groups in total. The second-order valence-corrected chi connectivity index (χ2v) is 7.37. The maximum Gasteiger partial charge on any atom is 0.301 e. The Morgan fingerprint density at radius 1 is 0.909 bits per heavy atom. The van der Waals surface area contributed by atoms with Crippen LogP contribution in [0.4, 0.5) is 22.0 Å². The molecule has 3 aromatic rings. The van der Waals surface area contributed by atoms with Crippen molar-refractivity contribution in [2.24, 2.45) is 4.99 Å². The molecular weight excluding hydrogens is 441 g/mol. The Bertz CT molecular complexity index is 1170. The lowest BCUT2D eigenvalue weighted by atomic mass is 10.0. The van der Waals surface area contributed by atoms with Gasteiger partial charge >= 0.3 is 6.08 Å². The maximum absolute atomic E-state index is 14.0. The zero-order valence-corrected chi connectivity index (χ0v) is 17.2. The minimum atomic E-state index is -2.36. The van der Waals surface area contributed by atoms with Crippen molar-refractivity contribution >= 4 is 5.71 Å². The molecule has 0 saturated carbocycles. The summed E-state index contributed by atoms with van der Waals surface area (Å²) < 4.78 is 70.1. The van der Waals surface area contributed by atoms with E-state index in [2.05, 4.69) is 15.2 Å². The predicted octanol–water partition coefficient (Wildman–Crippen LogP) is 6.59. The monoisotopic (exact) mass is 459 g/mol. The second kappa shape index (κ2) is 9.89. The van der Waals surface area contributed by atoms with Crippen molar-refractivity contribution in [3.63, 3.8) is 0 Å². The van der Waals surface area contributed by atoms with Crippen LogP contribution in [0.5, 0.6) is 5.88 Å². The van der Waals surface area contributed by atoms with Crippen molar-refractivity contribution in [3.8, 4) is 17.1 Å². The molecule has 0 fully saturated rings. The van der Waals surface area contributed by atoms with Crippen LogP contribution in [0.15, 0.2) is 71.5 Å². The number of nitrogens with zero attached hydrogens (tertiary/aromatic N) is 3. The third kappa shape index (κ3) is 5.24. The van der Waals surface area contributed by atoms with E-state index in [-0.39, 0.29) is 24.1 Å². The van der Waals surface area contributed by atoms with Gasteiger partial charge in [-0.2, -0.15) is 8.78 Å². The third-order valence-electron chi connectivity index (χ3n) is 5.23. The molecule has 0 saturated heterocycles. The number of aliphatic imine (C=N–C) groups is 1. The van der Waals surface area contributed by atoms with Crippen molar-refractivity contribution in [2.75, 3.05) is 6.61 Å². The van der Waals surface area contributed by atoms with Gasteiger partial charge in [0.2, 0.25) is 5.88 Å². The number of hydrogen-bond acceptors (Lipinski definition) is 4. The van der Waals surface area contributed by atoms with Gasteiger partial charge in [0.05, 0.1) is 23.9 Å². The zero-order chi connectivity index (χ0) is 23.4. The van der Waals surface area contributed by atoms with Gasteiger partial charge in [0.25, 0.3) is 0 Å². The number of aromatic nitrogens is 2. The first kappa shape index (κ1) is 22.6. The highest BCUT2D eigenvalue weighted by Gasteiger charge is 2.24. The van der Waals surface area contributed by atoms with Crippen LogP contribution in [0, 0.1) is 11.6 Å². The minimum Gasteiger partial charge on any atom is -0.476 e. The number of hydrogen-bond donors (Lipinski definition) is 0. The lowest BCUT2D eigenvalue weighted by Gasteiger charge is -2.08. The third-order valence-corrected chi connectivity index (χ3v) is 5.23. The fourth-order valence-corrected chi connectivity index (χ4v) is 3.56. The topological polar surface area (TPSA) is 47.4 Å². The predicted molar refractivity (Wildman–Crippen MR) is 113 cm³/mol. The summed E-state index contributed by atoms with van der Waals surface area (Å²) in [5, 5.41) is 7.91. The molecule has 1 aliphatic heterocycles. The summed E-state index contributed by atoms with van der Waals surface area (Å²) in [4.78, 5) is 4.53. The Morgan fingerprint density at radius 3 is 2.27 bits per heavy atom. The first-order chi connectivity index (χ1) is 15.9. The van der Waals surface area contributed by atoms with Crippen LogP contribution in [-0.2, 0) is 0 Å². The molecule has 0 radical (unpaired) electrons. The van der Waals surface area contributed by atoms with E-state index in [0.29, 0.717) is 24.2 Å². The summed E-state index contributed by atoms with van der Waals surface area (Å²) in [7, 11) is 0. The van der Waals surface area contributed by atoms with Crippen LogP contribution >= 0.6 is 0 Å². The number of ether oxygens (including phenoxy) is 1. The molecule has 0 spiro atoms. The van der Waals surface area contributed by atoms with E-state index in [0.717, 1.165) is 11.1 Å². The Labute approximate surface area is 186 Å². The summed E-state index contributed by atoms with van der Waals surface area (Å²) in [6.07, 6.45) is -1.78. The molecule has 4 nitrogen and oxygen atoms in total. The van der Waals surface area contributed by atoms with Crippen molar-refractivity contribution in [2.45, 2.75) is 25.3 Å². The molecule has 2 aromatic carbocycles. The molecule has 170 valence electrons. The molecule has 33 heavy (non-hydrogen) atoms. The number of halogens is 5. The summed E-state index contributed by atoms with van der Waals surface area (Å²) in [5.74, 6) is -2.66. The van der Waals surface area contributed by atoms with E-state index < -0.39 is 30.0 Å². The normalized spacial score (nSPS) is 15.3. The van der Waals surface area contributed by atoms with E-state index in [1.54, 1.807) is 6.07 Å². The lowest BCUT2D eigenvalue weighted by molar-refractivity contribution is 0.283. The first-order valence-corrected chi connectivity index (χ1v) is 10.2. The Hall–Kier alpha value is -3.62. The maximum atomic E-state index is 14.0. The van der Waals surface area contributed by atoms with Crippen molar-refractivity contribution in [1.82, 2.24) is 10.2 Å². The van der Waals surface area contributed by atoms with Crippen LogP contribution in [0.1, 0.15) is 36.4 Å². The van der Waals surface area contributed by atoms with E-state index in [1.807, 2.05) is 24.3 Å². The van der Waals surface area contributed by atoms with Gasteiger partial charge in [0.15, 0.2) is 5.83 Å². The summed E-state index contributed by atoms with van der Waals surface area (Å²) in [6, 6.07) is 14.1. The van der Waals surface area contributed by atoms with Crippen LogP contribution in [0.25, 0.3) is 11.3 Å². The van der Waals surface area contributed by atoms with Gasteiger partial charge in [0, 0.05) is 23.8 Å². The summed E-state index contributed by atoms with van der Waals surface area (Å²) in [5.41, 5.74) is 2.59. The van der Waals surface area contributed by atoms with Gasteiger partial charge in [-0.25, -0.2) is 13.2 Å². The molecule has 1 aliphatic rings. The van der Waals surface area contributed by atoms with E-state index in [4.69, 9.17) is 4.74 Å². The molecule has 4 rings (SSSR count). The lowest BCUT2D eigenvalue weighted by Crippen LogP contribution is -2.03. The van der Waals surface area contributed by atoms with Crippen LogP contribution in [-0.4, -0.2) is 22.5 Å². The molecule has 1 unspecified atom stereocenters. The van der Waals surface area contributed by atoms with Gasteiger partial charge < -0.3 is 4.74 Å². The highest BCUT2D eigenvalue weighted by atomic mass is 19.3. The second-order valence-electron chi connectivity index (χ2n) is 7.37. The molecule has 2 heterocycles. The summed E-state index contributed by atoms with van der Waals surface area (Å²) in [6.45, 7) is -0.285. The van der Waals surface area contributed by atoms with E-state index in [1.165, 1.54) is 24.3 Å². The van der Waals surface area contributed by atoms with Gasteiger partial charge in [-0.15, -0.1) is 10.2 Å². The Kier molecular flexibility index (Phi) is 6.76. The highest BCUT2D eigenvalue weighted by molar-refractivity contribution is 6.02. The standard InChI is InChI=1S/C24H18F5N3O/c25-16-2-1-3-17(26)23(16)21-9-8-19(30-21)14-4-6-15(7-5-14)20-10-11-22(32-31-20)33-13-12-18(27)24(28)29/h1-7,10-11,19H,8-9,12-13H2. The van der Waals surface area contributed by atoms with Crippen LogP contribution in [0.3, 0.4) is 0 Å². The number of rotatable bonds is 7. The molecule has 1 atom stereocenters. The van der Waals surface area contributed by atoms with E-state index in [9.17, 15) is 22.0 Å². The van der Waals surface area contributed by atoms with Crippen molar-refractivity contribution < 1.29 is 26.7 Å². The Balaban J connectivity index is 1.41. The molecule has 1 aromatic heterocycles. The van der Waals surface area contributed by atoms with Gasteiger partial charge in [-0.3, -0.25) is 4.99 Å². The van der Waals surface area contributed by atoms with Crippen molar-refractivity contribution in [3.05, 3.63) is 89.3 Å². The summed E-state index contributed by atoms with van der Waals surface area (Å²) >= 11 is 0. The fraction of sp³-hybridized carbons (Fsp3) is 0.208. The quantitative estimate of drug-likeness (QED) is 0.375. The molecule has 9 heteroatoms. The number of benzene rings is 2. The van der Waals surface area contributed by atoms with Gasteiger partial charge in [0.1, 0.15) is 11.6 Å². The van der Waals surface area contributed by atoms with E-state index >= 15 is 0 Å². The molecular formula is C24H18F5N3O. The molecule has 0 aliphatic carbocycles. The van der Waals surface area contributed by atoms with Crippen LogP contribution in [0.2, 0.25) is 0 Å². The minimum absolute atomic E-state index is 0.0669. The fourth-order valence-electron chi connectivity index (χ4n) is 3.56. The largest absolute Gasteiger partial charge is 0.476 e.